The molecular weight excluding hydrogens is 254 g/mol. The number of carbonyl (C=O) groups is 1. The molecule has 1 fully saturated rings. The largest absolute Gasteiger partial charge is 0.340 e. The van der Waals surface area contributed by atoms with E-state index in [2.05, 4.69) is 23.1 Å². The Hall–Kier alpha value is -2.17. The van der Waals surface area contributed by atoms with Gasteiger partial charge in [0.15, 0.2) is 5.82 Å². The SMILES string of the molecule is Cc1nc(C2CC(=O)N(c3cccc(C)c3C)C2)no1. The Labute approximate surface area is 117 Å². The van der Waals surface area contributed by atoms with Crippen LogP contribution in [0.2, 0.25) is 0 Å². The fraction of sp³-hybridized carbons (Fsp3) is 0.400. The van der Waals surface area contributed by atoms with Gasteiger partial charge in [0, 0.05) is 31.5 Å². The molecule has 0 N–H and O–H groups in total. The van der Waals surface area contributed by atoms with E-state index >= 15 is 0 Å². The van der Waals surface area contributed by atoms with Crippen molar-refractivity contribution >= 4 is 11.6 Å². The van der Waals surface area contributed by atoms with Crippen molar-refractivity contribution in [3.63, 3.8) is 0 Å². The van der Waals surface area contributed by atoms with E-state index in [-0.39, 0.29) is 11.8 Å². The Morgan fingerprint density at radius 1 is 1.30 bits per heavy atom. The summed E-state index contributed by atoms with van der Waals surface area (Å²) < 4.78 is 5.01. The number of hydrogen-bond donors (Lipinski definition) is 0. The smallest absolute Gasteiger partial charge is 0.227 e. The number of carbonyl (C=O) groups excluding carboxylic acids is 1. The number of rotatable bonds is 2. The van der Waals surface area contributed by atoms with Crippen molar-refractivity contribution in [2.24, 2.45) is 0 Å². The monoisotopic (exact) mass is 271 g/mol. The molecule has 1 amide bonds. The van der Waals surface area contributed by atoms with E-state index in [1.54, 1.807) is 6.92 Å². The topological polar surface area (TPSA) is 59.2 Å². The van der Waals surface area contributed by atoms with E-state index in [1.165, 1.54) is 5.56 Å². The zero-order valence-electron chi connectivity index (χ0n) is 11.9. The average Bonchev–Trinajstić information content (AvgIpc) is 2.99. The van der Waals surface area contributed by atoms with E-state index in [0.717, 1.165) is 11.3 Å². The predicted octanol–water partition coefficient (Wildman–Crippen LogP) is 2.52. The molecular formula is C15H17N3O2. The maximum Gasteiger partial charge on any atom is 0.227 e. The summed E-state index contributed by atoms with van der Waals surface area (Å²) in [5.41, 5.74) is 3.32. The van der Waals surface area contributed by atoms with Crippen LogP contribution in [0.15, 0.2) is 22.7 Å². The van der Waals surface area contributed by atoms with Crippen molar-refractivity contribution in [1.29, 1.82) is 0 Å². The molecule has 1 atom stereocenters. The molecule has 1 aliphatic rings. The molecule has 0 spiro atoms. The van der Waals surface area contributed by atoms with Gasteiger partial charge in [-0.25, -0.2) is 0 Å². The van der Waals surface area contributed by atoms with Gasteiger partial charge in [0.2, 0.25) is 11.8 Å². The van der Waals surface area contributed by atoms with Gasteiger partial charge in [-0.15, -0.1) is 0 Å². The van der Waals surface area contributed by atoms with Crippen molar-refractivity contribution in [3.05, 3.63) is 41.0 Å². The van der Waals surface area contributed by atoms with Crippen LogP contribution >= 0.6 is 0 Å². The summed E-state index contributed by atoms with van der Waals surface area (Å²) in [7, 11) is 0. The van der Waals surface area contributed by atoms with E-state index in [9.17, 15) is 4.79 Å². The number of aryl methyl sites for hydroxylation is 2. The lowest BCUT2D eigenvalue weighted by Gasteiger charge is -2.19. The van der Waals surface area contributed by atoms with Crippen LogP contribution < -0.4 is 4.90 Å². The highest BCUT2D eigenvalue weighted by molar-refractivity contribution is 5.97. The van der Waals surface area contributed by atoms with Crippen LogP contribution in [0.5, 0.6) is 0 Å². The molecule has 0 radical (unpaired) electrons. The molecule has 2 heterocycles. The lowest BCUT2D eigenvalue weighted by molar-refractivity contribution is -0.117. The second-order valence-corrected chi connectivity index (χ2v) is 5.30. The maximum atomic E-state index is 12.3. The molecule has 2 aromatic rings. The third-order valence-corrected chi connectivity index (χ3v) is 3.90. The minimum absolute atomic E-state index is 0.0138. The highest BCUT2D eigenvalue weighted by Gasteiger charge is 2.34. The van der Waals surface area contributed by atoms with E-state index < -0.39 is 0 Å². The van der Waals surface area contributed by atoms with Gasteiger partial charge in [-0.3, -0.25) is 4.79 Å². The molecule has 0 aliphatic carbocycles. The highest BCUT2D eigenvalue weighted by atomic mass is 16.5. The summed E-state index contributed by atoms with van der Waals surface area (Å²) in [6, 6.07) is 6.03. The van der Waals surface area contributed by atoms with Gasteiger partial charge in [0.25, 0.3) is 0 Å². The number of anilines is 1. The fourth-order valence-electron chi connectivity index (χ4n) is 2.62. The molecule has 104 valence electrons. The van der Waals surface area contributed by atoms with Gasteiger partial charge in [-0.1, -0.05) is 17.3 Å². The van der Waals surface area contributed by atoms with E-state index in [1.807, 2.05) is 24.0 Å². The molecule has 20 heavy (non-hydrogen) atoms. The summed E-state index contributed by atoms with van der Waals surface area (Å²) in [5.74, 6) is 1.30. The quantitative estimate of drug-likeness (QED) is 0.842. The first-order valence-corrected chi connectivity index (χ1v) is 6.73. The number of hydrogen-bond acceptors (Lipinski definition) is 4. The zero-order chi connectivity index (χ0) is 14.3. The normalized spacial score (nSPS) is 18.9. The zero-order valence-corrected chi connectivity index (χ0v) is 11.9. The molecule has 1 unspecified atom stereocenters. The Balaban J connectivity index is 1.89. The maximum absolute atomic E-state index is 12.3. The Morgan fingerprint density at radius 3 is 2.80 bits per heavy atom. The summed E-state index contributed by atoms with van der Waals surface area (Å²) in [5, 5.41) is 3.94. The van der Waals surface area contributed by atoms with Crippen molar-refractivity contribution in [2.75, 3.05) is 11.4 Å². The van der Waals surface area contributed by atoms with Gasteiger partial charge in [-0.05, 0) is 31.0 Å². The van der Waals surface area contributed by atoms with E-state index in [4.69, 9.17) is 4.52 Å². The third kappa shape index (κ3) is 2.09. The standard InChI is InChI=1S/C15H17N3O2/c1-9-5-4-6-13(10(9)2)18-8-12(7-14(18)19)15-16-11(3)20-17-15/h4-6,12H,7-8H2,1-3H3. The molecule has 3 rings (SSSR count). The first-order valence-electron chi connectivity index (χ1n) is 6.73. The Bertz CT molecular complexity index is 663. The Kier molecular flexibility index (Phi) is 3.04. The van der Waals surface area contributed by atoms with Gasteiger partial charge >= 0.3 is 0 Å². The van der Waals surface area contributed by atoms with Crippen LogP contribution in [0.3, 0.4) is 0 Å². The summed E-state index contributed by atoms with van der Waals surface area (Å²) >= 11 is 0. The summed E-state index contributed by atoms with van der Waals surface area (Å²) in [6.45, 7) is 6.47. The fourth-order valence-corrected chi connectivity index (χ4v) is 2.62. The molecule has 1 aliphatic heterocycles. The van der Waals surface area contributed by atoms with Crippen LogP contribution in [0, 0.1) is 20.8 Å². The van der Waals surface area contributed by atoms with Crippen LogP contribution in [-0.2, 0) is 4.79 Å². The van der Waals surface area contributed by atoms with Crippen molar-refractivity contribution < 1.29 is 9.32 Å². The molecule has 5 heteroatoms. The van der Waals surface area contributed by atoms with Gasteiger partial charge in [0.1, 0.15) is 0 Å². The predicted molar refractivity (Wildman–Crippen MR) is 74.7 cm³/mol. The second kappa shape index (κ2) is 4.74. The average molecular weight is 271 g/mol. The first-order chi connectivity index (χ1) is 9.56. The first kappa shape index (κ1) is 12.8. The molecule has 1 aromatic heterocycles. The van der Waals surface area contributed by atoms with Gasteiger partial charge < -0.3 is 9.42 Å². The molecule has 5 nitrogen and oxygen atoms in total. The van der Waals surface area contributed by atoms with Gasteiger partial charge in [-0.2, -0.15) is 4.98 Å². The van der Waals surface area contributed by atoms with E-state index in [0.29, 0.717) is 24.7 Å². The van der Waals surface area contributed by atoms with Crippen LogP contribution in [0.1, 0.15) is 35.2 Å². The van der Waals surface area contributed by atoms with Gasteiger partial charge in [0.05, 0.1) is 0 Å². The van der Waals surface area contributed by atoms with Crippen LogP contribution in [-0.4, -0.2) is 22.6 Å². The lowest BCUT2D eigenvalue weighted by atomic mass is 10.1. The van der Waals surface area contributed by atoms with Crippen LogP contribution in [0.25, 0.3) is 0 Å². The second-order valence-electron chi connectivity index (χ2n) is 5.30. The molecule has 1 aromatic carbocycles. The Morgan fingerprint density at radius 2 is 2.10 bits per heavy atom. The van der Waals surface area contributed by atoms with Crippen LogP contribution in [0.4, 0.5) is 5.69 Å². The number of aromatic nitrogens is 2. The summed E-state index contributed by atoms with van der Waals surface area (Å²) in [6.07, 6.45) is 0.437. The molecule has 1 saturated heterocycles. The van der Waals surface area contributed by atoms with Crippen molar-refractivity contribution in [2.45, 2.75) is 33.1 Å². The minimum atomic E-state index is 0.0138. The third-order valence-electron chi connectivity index (χ3n) is 3.90. The molecule has 0 saturated carbocycles. The minimum Gasteiger partial charge on any atom is -0.340 e. The number of benzene rings is 1. The van der Waals surface area contributed by atoms with Crippen molar-refractivity contribution in [3.8, 4) is 0 Å². The highest BCUT2D eigenvalue weighted by Crippen LogP contribution is 2.32. The number of nitrogens with zero attached hydrogens (tertiary/aromatic N) is 3. The molecule has 0 bridgehead atoms. The number of amides is 1. The lowest BCUT2D eigenvalue weighted by Crippen LogP contribution is -2.25. The summed E-state index contributed by atoms with van der Waals surface area (Å²) in [4.78, 5) is 18.3. The van der Waals surface area contributed by atoms with Crippen molar-refractivity contribution in [1.82, 2.24) is 10.1 Å².